The van der Waals surface area contributed by atoms with Gasteiger partial charge in [-0.2, -0.15) is 0 Å². The highest BCUT2D eigenvalue weighted by atomic mass is 35.5. The van der Waals surface area contributed by atoms with Crippen LogP contribution in [0.2, 0.25) is 0 Å². The quantitative estimate of drug-likeness (QED) is 0.840. The number of hydrogen-bond acceptors (Lipinski definition) is 2. The standard InChI is InChI=1S/C15H24ClNO2/c1-10-11(8-16)7-12(19-10)13(18)17-15(5,6)9-14(2,3)4/h7H,8-9H2,1-6H3,(H,17,18). The van der Waals surface area contributed by atoms with Crippen molar-refractivity contribution >= 4 is 17.5 Å². The van der Waals surface area contributed by atoms with Crippen LogP contribution in [-0.2, 0) is 5.88 Å². The zero-order chi connectivity index (χ0) is 14.8. The minimum Gasteiger partial charge on any atom is -0.456 e. The van der Waals surface area contributed by atoms with Gasteiger partial charge in [0, 0.05) is 11.1 Å². The third kappa shape index (κ3) is 4.90. The van der Waals surface area contributed by atoms with Crippen molar-refractivity contribution in [3.05, 3.63) is 23.2 Å². The van der Waals surface area contributed by atoms with Crippen LogP contribution < -0.4 is 5.32 Å². The molecule has 1 aromatic rings. The molecule has 1 heterocycles. The van der Waals surface area contributed by atoms with Crippen molar-refractivity contribution in [2.24, 2.45) is 5.41 Å². The van der Waals surface area contributed by atoms with Crippen molar-refractivity contribution in [3.8, 4) is 0 Å². The van der Waals surface area contributed by atoms with E-state index >= 15 is 0 Å². The van der Waals surface area contributed by atoms with Crippen LogP contribution in [0.25, 0.3) is 0 Å². The fourth-order valence-corrected chi connectivity index (χ4v) is 2.77. The van der Waals surface area contributed by atoms with E-state index in [-0.39, 0.29) is 16.9 Å². The lowest BCUT2D eigenvalue weighted by Crippen LogP contribution is -2.45. The van der Waals surface area contributed by atoms with E-state index in [0.29, 0.717) is 17.4 Å². The Bertz CT molecular complexity index is 455. The number of nitrogens with one attached hydrogen (secondary N) is 1. The summed E-state index contributed by atoms with van der Waals surface area (Å²) in [5, 5.41) is 3.02. The maximum atomic E-state index is 12.2. The van der Waals surface area contributed by atoms with E-state index in [1.807, 2.05) is 20.8 Å². The van der Waals surface area contributed by atoms with Crippen LogP contribution in [-0.4, -0.2) is 11.4 Å². The van der Waals surface area contributed by atoms with Crippen LogP contribution in [0.5, 0.6) is 0 Å². The second kappa shape index (κ2) is 5.58. The molecule has 0 atom stereocenters. The average molecular weight is 286 g/mol. The Hall–Kier alpha value is -0.960. The van der Waals surface area contributed by atoms with Gasteiger partial charge in [-0.15, -0.1) is 11.6 Å². The minimum absolute atomic E-state index is 0.150. The van der Waals surface area contributed by atoms with E-state index in [9.17, 15) is 4.79 Å². The molecule has 1 N–H and O–H groups in total. The van der Waals surface area contributed by atoms with Gasteiger partial charge in [0.2, 0.25) is 0 Å². The molecule has 0 aliphatic carbocycles. The van der Waals surface area contributed by atoms with Crippen molar-refractivity contribution in [3.63, 3.8) is 0 Å². The molecular weight excluding hydrogens is 262 g/mol. The molecule has 0 fully saturated rings. The molecule has 0 aromatic carbocycles. The zero-order valence-corrected chi connectivity index (χ0v) is 13.4. The first-order chi connectivity index (χ1) is 8.54. The van der Waals surface area contributed by atoms with Crippen molar-refractivity contribution in [1.29, 1.82) is 0 Å². The van der Waals surface area contributed by atoms with Gasteiger partial charge in [-0.1, -0.05) is 20.8 Å². The predicted octanol–water partition coefficient (Wildman–Crippen LogP) is 4.27. The van der Waals surface area contributed by atoms with E-state index in [4.69, 9.17) is 16.0 Å². The molecule has 1 aromatic heterocycles. The van der Waals surface area contributed by atoms with Gasteiger partial charge in [-0.05, 0) is 38.7 Å². The Labute approximate surface area is 120 Å². The summed E-state index contributed by atoms with van der Waals surface area (Å²) in [6, 6.07) is 1.71. The Morgan fingerprint density at radius 1 is 1.32 bits per heavy atom. The molecule has 0 unspecified atom stereocenters. The summed E-state index contributed by atoms with van der Waals surface area (Å²) in [5.74, 6) is 1.20. The van der Waals surface area contributed by atoms with Crippen LogP contribution in [0.3, 0.4) is 0 Å². The number of furan rings is 1. The molecule has 0 saturated heterocycles. The van der Waals surface area contributed by atoms with Gasteiger partial charge in [0.1, 0.15) is 5.76 Å². The third-order valence-electron chi connectivity index (χ3n) is 2.81. The number of rotatable bonds is 4. The molecule has 1 amide bonds. The van der Waals surface area contributed by atoms with Gasteiger partial charge >= 0.3 is 0 Å². The van der Waals surface area contributed by atoms with E-state index in [1.54, 1.807) is 6.07 Å². The lowest BCUT2D eigenvalue weighted by atomic mass is 9.82. The second-order valence-corrected chi connectivity index (χ2v) is 7.17. The number of alkyl halides is 1. The number of hydrogen-bond donors (Lipinski definition) is 1. The SMILES string of the molecule is Cc1oc(C(=O)NC(C)(C)CC(C)(C)C)cc1CCl. The summed E-state index contributed by atoms with van der Waals surface area (Å²) < 4.78 is 5.45. The molecule has 108 valence electrons. The molecule has 1 rings (SSSR count). The summed E-state index contributed by atoms with van der Waals surface area (Å²) in [7, 11) is 0. The summed E-state index contributed by atoms with van der Waals surface area (Å²) in [5.41, 5.74) is 0.731. The topological polar surface area (TPSA) is 42.2 Å². The Kier molecular flexibility index (Phi) is 4.72. The number of halogens is 1. The summed E-state index contributed by atoms with van der Waals surface area (Å²) in [4.78, 5) is 12.2. The number of carbonyl (C=O) groups is 1. The Balaban J connectivity index is 2.78. The maximum absolute atomic E-state index is 12.2. The van der Waals surface area contributed by atoms with Crippen molar-refractivity contribution < 1.29 is 9.21 Å². The van der Waals surface area contributed by atoms with Gasteiger partial charge in [-0.25, -0.2) is 0 Å². The number of carbonyl (C=O) groups excluding carboxylic acids is 1. The molecule has 0 aliphatic heterocycles. The largest absolute Gasteiger partial charge is 0.456 e. The van der Waals surface area contributed by atoms with Gasteiger partial charge in [0.15, 0.2) is 5.76 Å². The molecule has 4 heteroatoms. The van der Waals surface area contributed by atoms with Gasteiger partial charge < -0.3 is 9.73 Å². The van der Waals surface area contributed by atoms with E-state index < -0.39 is 0 Å². The molecular formula is C15H24ClNO2. The number of aryl methyl sites for hydroxylation is 1. The first-order valence-corrected chi connectivity index (χ1v) is 7.05. The predicted molar refractivity (Wildman–Crippen MR) is 78.6 cm³/mol. The summed E-state index contributed by atoms with van der Waals surface area (Å²) in [6.45, 7) is 12.3. The van der Waals surface area contributed by atoms with E-state index in [0.717, 1.165) is 12.0 Å². The van der Waals surface area contributed by atoms with Gasteiger partial charge in [0.05, 0.1) is 5.88 Å². The second-order valence-electron chi connectivity index (χ2n) is 6.90. The lowest BCUT2D eigenvalue weighted by Gasteiger charge is -2.33. The number of amides is 1. The first kappa shape index (κ1) is 16.1. The van der Waals surface area contributed by atoms with E-state index in [2.05, 4.69) is 26.1 Å². The zero-order valence-electron chi connectivity index (χ0n) is 12.7. The molecule has 3 nitrogen and oxygen atoms in total. The first-order valence-electron chi connectivity index (χ1n) is 6.52. The fraction of sp³-hybridized carbons (Fsp3) is 0.667. The Morgan fingerprint density at radius 2 is 1.89 bits per heavy atom. The van der Waals surface area contributed by atoms with Crippen LogP contribution >= 0.6 is 11.6 Å². The Morgan fingerprint density at radius 3 is 2.32 bits per heavy atom. The molecule has 19 heavy (non-hydrogen) atoms. The normalized spacial score (nSPS) is 12.6. The molecule has 0 saturated carbocycles. The highest BCUT2D eigenvalue weighted by molar-refractivity contribution is 6.17. The highest BCUT2D eigenvalue weighted by Crippen LogP contribution is 2.27. The smallest absolute Gasteiger partial charge is 0.287 e. The van der Waals surface area contributed by atoms with Gasteiger partial charge in [0.25, 0.3) is 5.91 Å². The summed E-state index contributed by atoms with van der Waals surface area (Å²) >= 11 is 5.78. The fourth-order valence-electron chi connectivity index (χ4n) is 2.50. The lowest BCUT2D eigenvalue weighted by molar-refractivity contribution is 0.0861. The molecule has 0 aliphatic rings. The van der Waals surface area contributed by atoms with Crippen LogP contribution in [0, 0.1) is 12.3 Å². The van der Waals surface area contributed by atoms with Crippen LogP contribution in [0.1, 0.15) is 62.9 Å². The van der Waals surface area contributed by atoms with Crippen molar-refractivity contribution in [2.75, 3.05) is 0 Å². The summed E-state index contributed by atoms with van der Waals surface area (Å²) in [6.07, 6.45) is 0.883. The molecule has 0 bridgehead atoms. The third-order valence-corrected chi connectivity index (χ3v) is 3.10. The molecule has 0 radical (unpaired) electrons. The molecule has 0 spiro atoms. The van der Waals surface area contributed by atoms with Gasteiger partial charge in [-0.3, -0.25) is 4.79 Å². The van der Waals surface area contributed by atoms with E-state index in [1.165, 1.54) is 0 Å². The van der Waals surface area contributed by atoms with Crippen molar-refractivity contribution in [2.45, 2.75) is 59.4 Å². The average Bonchev–Trinajstić information content (AvgIpc) is 2.54. The maximum Gasteiger partial charge on any atom is 0.287 e. The van der Waals surface area contributed by atoms with Crippen LogP contribution in [0.15, 0.2) is 10.5 Å². The minimum atomic E-state index is -0.281. The van der Waals surface area contributed by atoms with Crippen LogP contribution in [0.4, 0.5) is 0 Å². The van der Waals surface area contributed by atoms with Crippen molar-refractivity contribution in [1.82, 2.24) is 5.32 Å². The monoisotopic (exact) mass is 285 g/mol. The highest BCUT2D eigenvalue weighted by Gasteiger charge is 2.28.